The van der Waals surface area contributed by atoms with Crippen molar-refractivity contribution in [3.63, 3.8) is 0 Å². The predicted molar refractivity (Wildman–Crippen MR) is 133 cm³/mol. The van der Waals surface area contributed by atoms with Gasteiger partial charge >= 0.3 is 0 Å². The molecule has 0 N–H and O–H groups in total. The third kappa shape index (κ3) is 12.1. The first-order valence-electron chi connectivity index (χ1n) is 12.8. The highest BCUT2D eigenvalue weighted by Crippen LogP contribution is 2.31. The van der Waals surface area contributed by atoms with Crippen molar-refractivity contribution in [3.8, 4) is 0 Å². The fraction of sp³-hybridized carbons (Fsp3) is 1.00. The molecule has 28 heavy (non-hydrogen) atoms. The van der Waals surface area contributed by atoms with Crippen LogP contribution in [0.4, 0.5) is 0 Å². The van der Waals surface area contributed by atoms with Crippen LogP contribution in [0.15, 0.2) is 0 Å². The van der Waals surface area contributed by atoms with E-state index in [-0.39, 0.29) is 30.7 Å². The van der Waals surface area contributed by atoms with E-state index in [0.717, 1.165) is 0 Å². The third-order valence-corrected chi connectivity index (χ3v) is 9.30. The summed E-state index contributed by atoms with van der Waals surface area (Å²) in [5.74, 6) is 0. The minimum Gasteiger partial charge on any atom is -0.419 e. The lowest BCUT2D eigenvalue weighted by atomic mass is 9.88. The molecule has 0 heterocycles. The highest BCUT2D eigenvalue weighted by molar-refractivity contribution is 6.28. The van der Waals surface area contributed by atoms with Crippen LogP contribution in [0.3, 0.4) is 0 Å². The summed E-state index contributed by atoms with van der Waals surface area (Å²) in [5.41, 5.74) is 0.449. The Kier molecular flexibility index (Phi) is 18.4. The van der Waals surface area contributed by atoms with E-state index in [1.165, 1.54) is 102 Å². The maximum atomic E-state index is 6.63. The SMILES string of the molecule is CCCC(CCC)(CCC)O[SiH2]CCCC[SiH2]OC(CCC)(CCC)CCC. The largest absolute Gasteiger partial charge is 0.419 e. The molecule has 0 fully saturated rings. The highest BCUT2D eigenvalue weighted by atomic mass is 28.2. The number of unbranched alkanes of at least 4 members (excludes halogenated alkanes) is 1. The standard InChI is InChI=1S/C24H54O2Si2/c1-7-15-23(16-8-2,17-9-3)25-27-21-13-14-22-28-26-24(18-10-4,19-11-5)20-12-6/h7-22,27-28H2,1-6H3. The molecule has 0 aliphatic rings. The van der Waals surface area contributed by atoms with E-state index in [1.54, 1.807) is 0 Å². The topological polar surface area (TPSA) is 18.5 Å². The summed E-state index contributed by atoms with van der Waals surface area (Å²) < 4.78 is 13.3. The van der Waals surface area contributed by atoms with Crippen molar-refractivity contribution >= 4 is 19.5 Å². The van der Waals surface area contributed by atoms with Crippen molar-refractivity contribution in [1.29, 1.82) is 0 Å². The number of hydrogen-bond acceptors (Lipinski definition) is 2. The second-order valence-electron chi connectivity index (χ2n) is 8.98. The van der Waals surface area contributed by atoms with Gasteiger partial charge in [0.05, 0.1) is 11.2 Å². The van der Waals surface area contributed by atoms with E-state index < -0.39 is 0 Å². The van der Waals surface area contributed by atoms with Gasteiger partial charge in [0, 0.05) is 0 Å². The van der Waals surface area contributed by atoms with Crippen LogP contribution in [-0.2, 0) is 8.85 Å². The molecule has 0 aromatic carbocycles. The zero-order valence-corrected chi connectivity index (χ0v) is 23.4. The maximum Gasteiger partial charge on any atom is 0.162 e. The first kappa shape index (κ1) is 28.4. The Morgan fingerprint density at radius 3 is 0.929 bits per heavy atom. The number of hydrogen-bond donors (Lipinski definition) is 0. The first-order chi connectivity index (χ1) is 13.6. The fourth-order valence-electron chi connectivity index (χ4n) is 5.05. The molecule has 0 saturated heterocycles. The van der Waals surface area contributed by atoms with Gasteiger partial charge in [-0.05, 0) is 50.6 Å². The van der Waals surface area contributed by atoms with Crippen molar-refractivity contribution in [2.45, 2.75) is 155 Å². The first-order valence-corrected chi connectivity index (χ1v) is 16.0. The Balaban J connectivity index is 4.14. The molecule has 0 aromatic rings. The minimum absolute atomic E-state index is 0.225. The van der Waals surface area contributed by atoms with Gasteiger partial charge < -0.3 is 8.85 Å². The van der Waals surface area contributed by atoms with Crippen LogP contribution in [0, 0.1) is 0 Å². The summed E-state index contributed by atoms with van der Waals surface area (Å²) in [6, 6.07) is 2.72. The Labute approximate surface area is 183 Å². The summed E-state index contributed by atoms with van der Waals surface area (Å²) in [6.45, 7) is 13.9. The lowest BCUT2D eigenvalue weighted by Crippen LogP contribution is -2.34. The van der Waals surface area contributed by atoms with E-state index in [9.17, 15) is 0 Å². The molecule has 4 heteroatoms. The van der Waals surface area contributed by atoms with Gasteiger partial charge in [-0.2, -0.15) is 0 Å². The van der Waals surface area contributed by atoms with Gasteiger partial charge in [0.1, 0.15) is 0 Å². The molecule has 0 aliphatic carbocycles. The average molecular weight is 431 g/mol. The van der Waals surface area contributed by atoms with Crippen molar-refractivity contribution in [2.24, 2.45) is 0 Å². The van der Waals surface area contributed by atoms with Crippen LogP contribution in [0.25, 0.3) is 0 Å². The smallest absolute Gasteiger partial charge is 0.162 e. The Morgan fingerprint density at radius 1 is 0.464 bits per heavy atom. The number of rotatable bonds is 21. The summed E-state index contributed by atoms with van der Waals surface area (Å²) in [5, 5.41) is 0. The van der Waals surface area contributed by atoms with Crippen LogP contribution in [0.1, 0.15) is 131 Å². The normalized spacial score (nSPS) is 13.5. The summed E-state index contributed by atoms with van der Waals surface area (Å²) in [7, 11) is -0.730. The van der Waals surface area contributed by atoms with Crippen LogP contribution in [-0.4, -0.2) is 30.7 Å². The highest BCUT2D eigenvalue weighted by Gasteiger charge is 2.28. The van der Waals surface area contributed by atoms with E-state index in [1.807, 2.05) is 0 Å². The summed E-state index contributed by atoms with van der Waals surface area (Å²) in [4.78, 5) is 0. The lowest BCUT2D eigenvalue weighted by molar-refractivity contribution is 0.0413. The fourth-order valence-corrected chi connectivity index (χ4v) is 8.19. The molecular formula is C24H54O2Si2. The van der Waals surface area contributed by atoms with Crippen LogP contribution in [0.2, 0.25) is 12.1 Å². The monoisotopic (exact) mass is 430 g/mol. The van der Waals surface area contributed by atoms with E-state index in [4.69, 9.17) is 8.85 Å². The Hall–Kier alpha value is 0.354. The molecule has 0 aromatic heterocycles. The molecule has 0 radical (unpaired) electrons. The second-order valence-corrected chi connectivity index (χ2v) is 11.8. The average Bonchev–Trinajstić information content (AvgIpc) is 2.65. The molecule has 0 amide bonds. The lowest BCUT2D eigenvalue weighted by Gasteiger charge is -2.35. The molecule has 0 unspecified atom stereocenters. The molecule has 0 aliphatic heterocycles. The minimum atomic E-state index is -0.365. The molecule has 0 rings (SSSR count). The summed E-state index contributed by atoms with van der Waals surface area (Å²) in [6.07, 6.45) is 17.8. The zero-order chi connectivity index (χ0) is 21.1. The Morgan fingerprint density at radius 2 is 0.714 bits per heavy atom. The van der Waals surface area contributed by atoms with Gasteiger partial charge in [-0.15, -0.1) is 0 Å². The zero-order valence-electron chi connectivity index (χ0n) is 20.5. The van der Waals surface area contributed by atoms with E-state index in [0.29, 0.717) is 0 Å². The van der Waals surface area contributed by atoms with Crippen molar-refractivity contribution in [2.75, 3.05) is 0 Å². The van der Waals surface area contributed by atoms with Crippen LogP contribution in [0.5, 0.6) is 0 Å². The molecule has 170 valence electrons. The van der Waals surface area contributed by atoms with Gasteiger partial charge in [-0.1, -0.05) is 92.9 Å². The van der Waals surface area contributed by atoms with Gasteiger partial charge in [0.15, 0.2) is 19.5 Å². The molecule has 0 atom stereocenters. The molecule has 0 bridgehead atoms. The van der Waals surface area contributed by atoms with Gasteiger partial charge in [-0.25, -0.2) is 0 Å². The predicted octanol–water partition coefficient (Wildman–Crippen LogP) is 7.08. The molecule has 0 spiro atoms. The van der Waals surface area contributed by atoms with Crippen LogP contribution < -0.4 is 0 Å². The van der Waals surface area contributed by atoms with Crippen molar-refractivity contribution in [1.82, 2.24) is 0 Å². The van der Waals surface area contributed by atoms with E-state index in [2.05, 4.69) is 41.5 Å². The third-order valence-electron chi connectivity index (χ3n) is 6.09. The molecule has 0 saturated carbocycles. The van der Waals surface area contributed by atoms with E-state index >= 15 is 0 Å². The Bertz CT molecular complexity index is 271. The molecular weight excluding hydrogens is 376 g/mol. The van der Waals surface area contributed by atoms with Crippen LogP contribution >= 0.6 is 0 Å². The van der Waals surface area contributed by atoms with Gasteiger partial charge in [0.2, 0.25) is 0 Å². The van der Waals surface area contributed by atoms with Gasteiger partial charge in [0.25, 0.3) is 0 Å². The maximum absolute atomic E-state index is 6.63. The van der Waals surface area contributed by atoms with Crippen molar-refractivity contribution in [3.05, 3.63) is 0 Å². The summed E-state index contributed by atoms with van der Waals surface area (Å²) >= 11 is 0. The van der Waals surface area contributed by atoms with Crippen molar-refractivity contribution < 1.29 is 8.85 Å². The van der Waals surface area contributed by atoms with Gasteiger partial charge in [-0.3, -0.25) is 0 Å². The second kappa shape index (κ2) is 18.1. The quantitative estimate of drug-likeness (QED) is 0.143. The molecule has 2 nitrogen and oxygen atoms in total.